The van der Waals surface area contributed by atoms with Crippen molar-refractivity contribution < 1.29 is 13.0 Å². The first-order valence-corrected chi connectivity index (χ1v) is 7.15. The zero-order valence-electron chi connectivity index (χ0n) is 9.04. The molecule has 0 aliphatic rings. The summed E-state index contributed by atoms with van der Waals surface area (Å²) in [5.41, 5.74) is 1.80. The minimum Gasteiger partial charge on any atom is -0.269 e. The normalized spacial score (nSPS) is 11.2. The van der Waals surface area contributed by atoms with Crippen LogP contribution < -0.4 is 4.72 Å². The number of halogens is 1. The Balaban J connectivity index is 2.37. The second-order valence-electron chi connectivity index (χ2n) is 3.50. The van der Waals surface area contributed by atoms with Crippen LogP contribution in [-0.4, -0.2) is 18.0 Å². The van der Waals surface area contributed by atoms with E-state index in [1.807, 2.05) is 35.1 Å². The first-order chi connectivity index (χ1) is 8.46. The van der Waals surface area contributed by atoms with Crippen LogP contribution in [0.1, 0.15) is 0 Å². The van der Waals surface area contributed by atoms with Gasteiger partial charge in [0.2, 0.25) is 0 Å². The molecular formula is C11H9BrN2O3S. The van der Waals surface area contributed by atoms with Crippen LogP contribution in [0, 0.1) is 0 Å². The van der Waals surface area contributed by atoms with Gasteiger partial charge in [-0.1, -0.05) is 30.3 Å². The van der Waals surface area contributed by atoms with Gasteiger partial charge in [-0.2, -0.15) is 8.42 Å². The average molecular weight is 329 g/mol. The van der Waals surface area contributed by atoms with Crippen LogP contribution in [0.2, 0.25) is 0 Å². The van der Waals surface area contributed by atoms with Crippen LogP contribution in [0.15, 0.2) is 47.1 Å². The summed E-state index contributed by atoms with van der Waals surface area (Å²) in [7, 11) is -4.32. The molecule has 0 radical (unpaired) electrons. The van der Waals surface area contributed by atoms with Gasteiger partial charge in [-0.05, 0) is 27.6 Å². The molecular weight excluding hydrogens is 320 g/mol. The molecule has 2 rings (SSSR count). The third-order valence-electron chi connectivity index (χ3n) is 2.17. The maximum Gasteiger partial charge on any atom is 0.358 e. The van der Waals surface area contributed by atoms with Crippen molar-refractivity contribution in [2.24, 2.45) is 0 Å². The lowest BCUT2D eigenvalue weighted by atomic mass is 10.1. The molecule has 0 amide bonds. The summed E-state index contributed by atoms with van der Waals surface area (Å²) in [5, 5.41) is 0. The Hall–Kier alpha value is -1.44. The lowest BCUT2D eigenvalue weighted by Gasteiger charge is -2.06. The second kappa shape index (κ2) is 5.05. The number of anilines is 1. The molecule has 0 atom stereocenters. The van der Waals surface area contributed by atoms with E-state index in [-0.39, 0.29) is 5.82 Å². The van der Waals surface area contributed by atoms with Crippen molar-refractivity contribution in [2.75, 3.05) is 4.72 Å². The van der Waals surface area contributed by atoms with Gasteiger partial charge in [0, 0.05) is 11.8 Å². The maximum atomic E-state index is 10.7. The van der Waals surface area contributed by atoms with Gasteiger partial charge in [0.25, 0.3) is 0 Å². The van der Waals surface area contributed by atoms with Crippen LogP contribution in [0.3, 0.4) is 0 Å². The minimum absolute atomic E-state index is 0.0391. The van der Waals surface area contributed by atoms with E-state index in [1.54, 1.807) is 6.07 Å². The Morgan fingerprint density at radius 2 is 1.83 bits per heavy atom. The van der Waals surface area contributed by atoms with E-state index in [4.69, 9.17) is 4.55 Å². The molecule has 0 spiro atoms. The molecule has 94 valence electrons. The second-order valence-corrected chi connectivity index (χ2v) is 5.51. The number of benzene rings is 1. The zero-order valence-corrected chi connectivity index (χ0v) is 11.4. The van der Waals surface area contributed by atoms with E-state index in [1.165, 1.54) is 6.20 Å². The molecule has 0 saturated carbocycles. The van der Waals surface area contributed by atoms with Crippen LogP contribution >= 0.6 is 15.9 Å². The summed E-state index contributed by atoms with van der Waals surface area (Å²) in [6, 6.07) is 11.2. The summed E-state index contributed by atoms with van der Waals surface area (Å²) in [5.74, 6) is 0.0391. The fourth-order valence-corrected chi connectivity index (χ4v) is 2.41. The summed E-state index contributed by atoms with van der Waals surface area (Å²) in [4.78, 5) is 3.94. The van der Waals surface area contributed by atoms with Crippen LogP contribution in [0.25, 0.3) is 11.1 Å². The summed E-state index contributed by atoms with van der Waals surface area (Å²) < 4.78 is 32.4. The maximum absolute atomic E-state index is 10.7. The van der Waals surface area contributed by atoms with E-state index < -0.39 is 10.3 Å². The molecule has 0 fully saturated rings. The first-order valence-electron chi connectivity index (χ1n) is 4.92. The largest absolute Gasteiger partial charge is 0.358 e. The number of rotatable bonds is 3. The molecule has 7 heteroatoms. The number of hydrogen-bond donors (Lipinski definition) is 2. The van der Waals surface area contributed by atoms with Crippen molar-refractivity contribution in [2.45, 2.75) is 0 Å². The lowest BCUT2D eigenvalue weighted by molar-refractivity contribution is 0.489. The minimum atomic E-state index is -4.32. The molecule has 0 saturated heterocycles. The monoisotopic (exact) mass is 328 g/mol. The van der Waals surface area contributed by atoms with Crippen LogP contribution in [-0.2, 0) is 10.3 Å². The van der Waals surface area contributed by atoms with E-state index in [9.17, 15) is 8.42 Å². The van der Waals surface area contributed by atoms with Gasteiger partial charge in [0.1, 0.15) is 0 Å². The Labute approximate surface area is 113 Å². The highest BCUT2D eigenvalue weighted by Gasteiger charge is 2.10. The smallest absolute Gasteiger partial charge is 0.269 e. The third kappa shape index (κ3) is 3.28. The number of aromatic nitrogens is 1. The number of nitrogens with zero attached hydrogens (tertiary/aromatic N) is 1. The number of pyridine rings is 1. The molecule has 18 heavy (non-hydrogen) atoms. The predicted octanol–water partition coefficient (Wildman–Crippen LogP) is 2.73. The lowest BCUT2D eigenvalue weighted by Crippen LogP contribution is -2.12. The zero-order chi connectivity index (χ0) is 13.2. The Kier molecular flexibility index (Phi) is 3.65. The quantitative estimate of drug-likeness (QED) is 0.849. The predicted molar refractivity (Wildman–Crippen MR) is 72.5 cm³/mol. The van der Waals surface area contributed by atoms with Gasteiger partial charge in [-0.3, -0.25) is 4.55 Å². The van der Waals surface area contributed by atoms with Gasteiger partial charge in [-0.15, -0.1) is 0 Å². The fraction of sp³-hybridized carbons (Fsp3) is 0. The van der Waals surface area contributed by atoms with Crippen LogP contribution in [0.5, 0.6) is 0 Å². The molecule has 1 heterocycles. The Morgan fingerprint density at radius 1 is 1.17 bits per heavy atom. The van der Waals surface area contributed by atoms with E-state index in [0.717, 1.165) is 11.1 Å². The highest BCUT2D eigenvalue weighted by molar-refractivity contribution is 9.10. The molecule has 1 aromatic carbocycles. The van der Waals surface area contributed by atoms with Crippen molar-refractivity contribution in [3.63, 3.8) is 0 Å². The molecule has 0 unspecified atom stereocenters. The molecule has 0 bridgehead atoms. The Morgan fingerprint density at radius 3 is 2.39 bits per heavy atom. The Bertz CT molecular complexity index is 659. The number of hydrogen-bond acceptors (Lipinski definition) is 3. The van der Waals surface area contributed by atoms with Gasteiger partial charge < -0.3 is 0 Å². The SMILES string of the molecule is O=S(=O)(O)Nc1ncc(-c2ccccc2)cc1Br. The van der Waals surface area contributed by atoms with Crippen LogP contribution in [0.4, 0.5) is 5.82 Å². The summed E-state index contributed by atoms with van der Waals surface area (Å²) in [6.45, 7) is 0. The highest BCUT2D eigenvalue weighted by Crippen LogP contribution is 2.27. The van der Waals surface area contributed by atoms with Gasteiger partial charge in [-0.25, -0.2) is 9.71 Å². The van der Waals surface area contributed by atoms with Gasteiger partial charge >= 0.3 is 10.3 Å². The summed E-state index contributed by atoms with van der Waals surface area (Å²) >= 11 is 3.20. The van der Waals surface area contributed by atoms with Crippen molar-refractivity contribution in [1.29, 1.82) is 0 Å². The standard InChI is InChI=1S/C11H9BrN2O3S/c12-10-6-9(8-4-2-1-3-5-8)7-13-11(10)14-18(15,16)17/h1-7H,(H,13,14)(H,15,16,17). The molecule has 1 aromatic heterocycles. The molecule has 0 aliphatic heterocycles. The topological polar surface area (TPSA) is 79.3 Å². The van der Waals surface area contributed by atoms with E-state index in [2.05, 4.69) is 20.9 Å². The fourth-order valence-electron chi connectivity index (χ4n) is 1.42. The molecule has 2 aromatic rings. The summed E-state index contributed by atoms with van der Waals surface area (Å²) in [6.07, 6.45) is 1.52. The average Bonchev–Trinajstić information content (AvgIpc) is 2.31. The van der Waals surface area contributed by atoms with E-state index in [0.29, 0.717) is 4.47 Å². The van der Waals surface area contributed by atoms with Crippen molar-refractivity contribution in [3.8, 4) is 11.1 Å². The van der Waals surface area contributed by atoms with Gasteiger partial charge in [0.05, 0.1) is 4.47 Å². The highest BCUT2D eigenvalue weighted by atomic mass is 79.9. The van der Waals surface area contributed by atoms with Gasteiger partial charge in [0.15, 0.2) is 5.82 Å². The molecule has 0 aliphatic carbocycles. The third-order valence-corrected chi connectivity index (χ3v) is 3.23. The molecule has 2 N–H and O–H groups in total. The van der Waals surface area contributed by atoms with Crippen molar-refractivity contribution >= 4 is 32.1 Å². The number of nitrogens with one attached hydrogen (secondary N) is 1. The van der Waals surface area contributed by atoms with E-state index >= 15 is 0 Å². The van der Waals surface area contributed by atoms with Crippen molar-refractivity contribution in [1.82, 2.24) is 4.98 Å². The van der Waals surface area contributed by atoms with Crippen molar-refractivity contribution in [3.05, 3.63) is 47.1 Å². The first kappa shape index (κ1) is 13.0. The molecule has 5 nitrogen and oxygen atoms in total.